The van der Waals surface area contributed by atoms with Crippen LogP contribution >= 0.6 is 0 Å². The number of hydrogen-bond donors (Lipinski definition) is 2. The number of piperidine rings is 1. The minimum Gasteiger partial charge on any atom is -0.493 e. The predicted molar refractivity (Wildman–Crippen MR) is 124 cm³/mol. The second-order valence-electron chi connectivity index (χ2n) is 8.93. The standard InChI is InChI=1S/C26H32N2O4/c1-19(29)26(20-6-3-2-4-7-20)13-15-28(16-14-26)18-21(30)12-17-32-24-9-5-8-23-22(24)10-11-25(31)27-23/h2-9,21,30H,10-18H2,1H3,(H,27,31). The molecule has 2 N–H and O–H groups in total. The van der Waals surface area contributed by atoms with Gasteiger partial charge in [0.05, 0.1) is 18.1 Å². The molecule has 32 heavy (non-hydrogen) atoms. The lowest BCUT2D eigenvalue weighted by Gasteiger charge is -2.41. The van der Waals surface area contributed by atoms with Crippen molar-refractivity contribution in [3.05, 3.63) is 59.7 Å². The van der Waals surface area contributed by atoms with Gasteiger partial charge in [-0.1, -0.05) is 36.4 Å². The molecule has 0 aliphatic carbocycles. The van der Waals surface area contributed by atoms with Gasteiger partial charge in [0.15, 0.2) is 0 Å². The first kappa shape index (κ1) is 22.5. The van der Waals surface area contributed by atoms with Crippen LogP contribution in [0.1, 0.15) is 43.7 Å². The highest BCUT2D eigenvalue weighted by Gasteiger charge is 2.40. The molecule has 0 bridgehead atoms. The number of ketones is 1. The highest BCUT2D eigenvalue weighted by molar-refractivity contribution is 5.94. The van der Waals surface area contributed by atoms with E-state index in [0.717, 1.165) is 48.5 Å². The van der Waals surface area contributed by atoms with Crippen molar-refractivity contribution >= 4 is 17.4 Å². The molecule has 2 aliphatic rings. The quantitative estimate of drug-likeness (QED) is 0.664. The Balaban J connectivity index is 1.26. The molecule has 1 unspecified atom stereocenters. The third-order valence-corrected chi connectivity index (χ3v) is 6.90. The van der Waals surface area contributed by atoms with Crippen molar-refractivity contribution in [1.29, 1.82) is 0 Å². The Bertz CT molecular complexity index is 952. The molecule has 2 heterocycles. The maximum atomic E-state index is 12.5. The third kappa shape index (κ3) is 4.87. The summed E-state index contributed by atoms with van der Waals surface area (Å²) < 4.78 is 5.95. The first-order valence-electron chi connectivity index (χ1n) is 11.5. The van der Waals surface area contributed by atoms with Gasteiger partial charge in [-0.25, -0.2) is 0 Å². The maximum Gasteiger partial charge on any atom is 0.224 e. The lowest BCUT2D eigenvalue weighted by molar-refractivity contribution is -0.124. The normalized spacial score (nSPS) is 19.0. The third-order valence-electron chi connectivity index (χ3n) is 6.90. The Hall–Kier alpha value is -2.70. The lowest BCUT2D eigenvalue weighted by atomic mass is 9.70. The van der Waals surface area contributed by atoms with Gasteiger partial charge in [-0.15, -0.1) is 0 Å². The minimum atomic E-state index is -0.490. The van der Waals surface area contributed by atoms with Crippen molar-refractivity contribution in [1.82, 2.24) is 4.90 Å². The van der Waals surface area contributed by atoms with Crippen LogP contribution in [0.2, 0.25) is 0 Å². The van der Waals surface area contributed by atoms with Crippen LogP contribution in [0.25, 0.3) is 0 Å². The molecule has 0 saturated carbocycles. The number of aliphatic hydroxyl groups is 1. The van der Waals surface area contributed by atoms with Crippen molar-refractivity contribution in [3.8, 4) is 5.75 Å². The number of β-amino-alcohol motifs (C(OH)–C–C–N with tert-alkyl or cyclic N) is 1. The number of likely N-dealkylation sites (tertiary alicyclic amines) is 1. The summed E-state index contributed by atoms with van der Waals surface area (Å²) in [6, 6.07) is 15.7. The monoisotopic (exact) mass is 436 g/mol. The summed E-state index contributed by atoms with van der Waals surface area (Å²) in [6.45, 7) is 4.27. The SMILES string of the molecule is CC(=O)C1(c2ccccc2)CCN(CC(O)CCOc2cccc3c2CCC(=O)N3)CC1. The van der Waals surface area contributed by atoms with E-state index < -0.39 is 11.5 Å². The van der Waals surface area contributed by atoms with E-state index >= 15 is 0 Å². The molecule has 0 aromatic heterocycles. The van der Waals surface area contributed by atoms with Crippen molar-refractivity contribution < 1.29 is 19.4 Å². The minimum absolute atomic E-state index is 0.0349. The number of carbonyl (C=O) groups is 2. The Morgan fingerprint density at radius 1 is 1.12 bits per heavy atom. The van der Waals surface area contributed by atoms with E-state index in [1.807, 2.05) is 36.4 Å². The van der Waals surface area contributed by atoms with Gasteiger partial charge in [0.25, 0.3) is 0 Å². The Labute approximate surface area is 189 Å². The summed E-state index contributed by atoms with van der Waals surface area (Å²) in [4.78, 5) is 26.4. The zero-order valence-electron chi connectivity index (χ0n) is 18.7. The van der Waals surface area contributed by atoms with Gasteiger partial charge in [0, 0.05) is 30.6 Å². The summed E-state index contributed by atoms with van der Waals surface area (Å²) in [6.07, 6.45) is 2.73. The number of ether oxygens (including phenoxy) is 1. The molecule has 170 valence electrons. The fourth-order valence-electron chi connectivity index (χ4n) is 4.94. The zero-order valence-corrected chi connectivity index (χ0v) is 18.7. The fourth-order valence-corrected chi connectivity index (χ4v) is 4.94. The van der Waals surface area contributed by atoms with Crippen LogP contribution in [0.5, 0.6) is 5.75 Å². The summed E-state index contributed by atoms with van der Waals surface area (Å²) in [7, 11) is 0. The first-order valence-corrected chi connectivity index (χ1v) is 11.5. The summed E-state index contributed by atoms with van der Waals surface area (Å²) in [5, 5.41) is 13.4. The van der Waals surface area contributed by atoms with E-state index in [1.165, 1.54) is 0 Å². The molecule has 4 rings (SSSR count). The summed E-state index contributed by atoms with van der Waals surface area (Å²) in [5.74, 6) is 1.04. The molecule has 2 aromatic carbocycles. The van der Waals surface area contributed by atoms with E-state index in [9.17, 15) is 14.7 Å². The average molecular weight is 437 g/mol. The molecule has 1 atom stereocenters. The number of fused-ring (bicyclic) bond motifs is 1. The molecule has 6 heteroatoms. The number of hydrogen-bond acceptors (Lipinski definition) is 5. The van der Waals surface area contributed by atoms with Gasteiger partial charge in [-0.05, 0) is 57.0 Å². The first-order chi connectivity index (χ1) is 15.5. The number of nitrogens with one attached hydrogen (secondary N) is 1. The molecular weight excluding hydrogens is 404 g/mol. The number of nitrogens with zero attached hydrogens (tertiary/aromatic N) is 1. The number of Topliss-reactive ketones (excluding diaryl/α,β-unsaturated/α-hetero) is 1. The Morgan fingerprint density at radius 2 is 1.88 bits per heavy atom. The van der Waals surface area contributed by atoms with Crippen LogP contribution in [-0.2, 0) is 21.4 Å². The largest absolute Gasteiger partial charge is 0.493 e. The number of anilines is 1. The number of rotatable bonds is 8. The van der Waals surface area contributed by atoms with Gasteiger partial charge in [0.2, 0.25) is 5.91 Å². The van der Waals surface area contributed by atoms with Gasteiger partial charge in [0.1, 0.15) is 11.5 Å². The molecule has 1 fully saturated rings. The van der Waals surface area contributed by atoms with Gasteiger partial charge >= 0.3 is 0 Å². The summed E-state index contributed by atoms with van der Waals surface area (Å²) in [5.41, 5.74) is 2.54. The van der Waals surface area contributed by atoms with Crippen molar-refractivity contribution in [3.63, 3.8) is 0 Å². The van der Waals surface area contributed by atoms with E-state index in [4.69, 9.17) is 4.74 Å². The molecule has 0 spiro atoms. The van der Waals surface area contributed by atoms with Crippen LogP contribution in [0.4, 0.5) is 5.69 Å². The van der Waals surface area contributed by atoms with Gasteiger partial charge in [-0.3, -0.25) is 9.59 Å². The maximum absolute atomic E-state index is 12.5. The molecule has 1 saturated heterocycles. The molecule has 2 aliphatic heterocycles. The topological polar surface area (TPSA) is 78.9 Å². The fraction of sp³-hybridized carbons (Fsp3) is 0.462. The van der Waals surface area contributed by atoms with Crippen molar-refractivity contribution in [2.24, 2.45) is 0 Å². The van der Waals surface area contributed by atoms with Crippen molar-refractivity contribution in [2.45, 2.75) is 50.5 Å². The summed E-state index contributed by atoms with van der Waals surface area (Å²) >= 11 is 0. The number of aliphatic hydroxyl groups excluding tert-OH is 1. The van der Waals surface area contributed by atoms with Crippen molar-refractivity contribution in [2.75, 3.05) is 31.6 Å². The molecule has 2 aromatic rings. The second-order valence-corrected chi connectivity index (χ2v) is 8.93. The second kappa shape index (κ2) is 9.84. The molecular formula is C26H32N2O4. The number of carbonyl (C=O) groups excluding carboxylic acids is 2. The molecule has 6 nitrogen and oxygen atoms in total. The molecule has 0 radical (unpaired) electrons. The number of amides is 1. The smallest absolute Gasteiger partial charge is 0.224 e. The average Bonchev–Trinajstić information content (AvgIpc) is 2.80. The Kier molecular flexibility index (Phi) is 6.92. The number of benzene rings is 2. The van der Waals surface area contributed by atoms with Crippen LogP contribution in [0.3, 0.4) is 0 Å². The zero-order chi connectivity index (χ0) is 22.6. The van der Waals surface area contributed by atoms with Gasteiger partial charge < -0.3 is 20.1 Å². The Morgan fingerprint density at radius 3 is 2.59 bits per heavy atom. The highest BCUT2D eigenvalue weighted by atomic mass is 16.5. The van der Waals surface area contributed by atoms with Gasteiger partial charge in [-0.2, -0.15) is 0 Å². The van der Waals surface area contributed by atoms with Crippen LogP contribution in [-0.4, -0.2) is 54.0 Å². The van der Waals surface area contributed by atoms with Crippen LogP contribution in [0.15, 0.2) is 48.5 Å². The van der Waals surface area contributed by atoms with E-state index in [-0.39, 0.29) is 11.7 Å². The van der Waals surface area contributed by atoms with Crippen LogP contribution < -0.4 is 10.1 Å². The van der Waals surface area contributed by atoms with Crippen LogP contribution in [0, 0.1) is 0 Å². The van der Waals surface area contributed by atoms with E-state index in [0.29, 0.717) is 32.4 Å². The predicted octanol–water partition coefficient (Wildman–Crippen LogP) is 3.32. The van der Waals surface area contributed by atoms with E-state index in [2.05, 4.69) is 22.3 Å². The van der Waals surface area contributed by atoms with E-state index in [1.54, 1.807) is 6.92 Å². The highest BCUT2D eigenvalue weighted by Crippen LogP contribution is 2.36. The molecule has 1 amide bonds. The lowest BCUT2D eigenvalue weighted by Crippen LogP contribution is -2.48.